The van der Waals surface area contributed by atoms with Crippen LogP contribution in [0.2, 0.25) is 0 Å². The highest BCUT2D eigenvalue weighted by Gasteiger charge is 2.20. The van der Waals surface area contributed by atoms with Gasteiger partial charge in [-0.3, -0.25) is 4.79 Å². The molecule has 1 aliphatic rings. The second-order valence-electron chi connectivity index (χ2n) is 7.30. The zero-order valence-electron chi connectivity index (χ0n) is 16.8. The summed E-state index contributed by atoms with van der Waals surface area (Å²) in [5.41, 5.74) is 5.43. The fourth-order valence-electron chi connectivity index (χ4n) is 3.98. The SMILES string of the molecule is COc1ncc(C)c(-c2ccc3c(NC4CCOC4)c(C=N)c(=O)[nH]c3c2)c1C. The second kappa shape index (κ2) is 7.67. The first-order valence-corrected chi connectivity index (χ1v) is 9.58. The van der Waals surface area contributed by atoms with Crippen molar-refractivity contribution in [3.05, 3.63) is 51.4 Å². The van der Waals surface area contributed by atoms with Crippen LogP contribution in [-0.2, 0) is 4.74 Å². The lowest BCUT2D eigenvalue weighted by atomic mass is 9.96. The molecule has 150 valence electrons. The van der Waals surface area contributed by atoms with Crippen LogP contribution in [0.25, 0.3) is 22.0 Å². The van der Waals surface area contributed by atoms with Crippen molar-refractivity contribution in [1.29, 1.82) is 5.41 Å². The van der Waals surface area contributed by atoms with Gasteiger partial charge in [-0.15, -0.1) is 0 Å². The number of fused-ring (bicyclic) bond motifs is 1. The lowest BCUT2D eigenvalue weighted by molar-refractivity contribution is 0.195. The Kier molecular flexibility index (Phi) is 5.07. The molecule has 1 atom stereocenters. The lowest BCUT2D eigenvalue weighted by Crippen LogP contribution is -2.23. The van der Waals surface area contributed by atoms with Crippen LogP contribution in [0.5, 0.6) is 5.88 Å². The Morgan fingerprint density at radius 1 is 1.38 bits per heavy atom. The topological polar surface area (TPSA) is 100 Å². The van der Waals surface area contributed by atoms with Crippen molar-refractivity contribution < 1.29 is 9.47 Å². The van der Waals surface area contributed by atoms with Gasteiger partial charge in [0.1, 0.15) is 0 Å². The number of aryl methyl sites for hydroxylation is 1. The van der Waals surface area contributed by atoms with E-state index in [0.29, 0.717) is 35.9 Å². The van der Waals surface area contributed by atoms with Crippen LogP contribution >= 0.6 is 0 Å². The number of H-pyrrole nitrogens is 1. The molecule has 1 unspecified atom stereocenters. The average molecular weight is 392 g/mol. The molecule has 1 aliphatic heterocycles. The van der Waals surface area contributed by atoms with Crippen molar-refractivity contribution in [3.63, 3.8) is 0 Å². The highest BCUT2D eigenvalue weighted by atomic mass is 16.5. The summed E-state index contributed by atoms with van der Waals surface area (Å²) in [4.78, 5) is 19.9. The highest BCUT2D eigenvalue weighted by molar-refractivity contribution is 6.02. The maximum absolute atomic E-state index is 12.6. The lowest BCUT2D eigenvalue weighted by Gasteiger charge is -2.18. The standard InChI is InChI=1S/C22H24N4O3/c1-12-10-24-22(28-3)13(2)19(12)14-4-5-16-18(8-14)26-21(27)17(9-23)20(16)25-15-6-7-29-11-15/h4-5,8-10,15,23H,6-7,11H2,1-3H3,(H2,25,26,27). The average Bonchev–Trinajstić information content (AvgIpc) is 3.21. The first kappa shape index (κ1) is 19.1. The van der Waals surface area contributed by atoms with Gasteiger partial charge in [0, 0.05) is 30.0 Å². The van der Waals surface area contributed by atoms with E-state index in [9.17, 15) is 4.79 Å². The summed E-state index contributed by atoms with van der Waals surface area (Å²) in [7, 11) is 1.61. The van der Waals surface area contributed by atoms with E-state index in [1.807, 2.05) is 32.0 Å². The van der Waals surface area contributed by atoms with Crippen LogP contribution in [0.4, 0.5) is 5.69 Å². The molecule has 0 saturated carbocycles. The molecule has 4 rings (SSSR count). The zero-order valence-corrected chi connectivity index (χ0v) is 16.8. The number of anilines is 1. The van der Waals surface area contributed by atoms with E-state index in [1.165, 1.54) is 0 Å². The number of benzene rings is 1. The van der Waals surface area contributed by atoms with Crippen LogP contribution in [0.3, 0.4) is 0 Å². The molecular formula is C22H24N4O3. The second-order valence-corrected chi connectivity index (χ2v) is 7.30. The predicted octanol–water partition coefficient (Wildman–Crippen LogP) is 3.41. The Bertz CT molecular complexity index is 1150. The largest absolute Gasteiger partial charge is 0.481 e. The van der Waals surface area contributed by atoms with Gasteiger partial charge in [-0.1, -0.05) is 12.1 Å². The first-order chi connectivity index (χ1) is 14.0. The summed E-state index contributed by atoms with van der Waals surface area (Å²) >= 11 is 0. The third-order valence-corrected chi connectivity index (χ3v) is 5.42. The Labute approximate surface area is 168 Å². The highest BCUT2D eigenvalue weighted by Crippen LogP contribution is 2.34. The van der Waals surface area contributed by atoms with Gasteiger partial charge in [-0.25, -0.2) is 4.98 Å². The summed E-state index contributed by atoms with van der Waals surface area (Å²) in [5.74, 6) is 0.585. The van der Waals surface area contributed by atoms with Crippen molar-refractivity contribution in [2.45, 2.75) is 26.3 Å². The van der Waals surface area contributed by atoms with E-state index in [1.54, 1.807) is 13.3 Å². The van der Waals surface area contributed by atoms with E-state index in [-0.39, 0.29) is 11.6 Å². The maximum Gasteiger partial charge on any atom is 0.259 e. The number of nitrogens with zero attached hydrogens (tertiary/aromatic N) is 1. The van der Waals surface area contributed by atoms with Crippen molar-refractivity contribution >= 4 is 22.8 Å². The number of aromatic nitrogens is 2. The quantitative estimate of drug-likeness (QED) is 0.578. The fraction of sp³-hybridized carbons (Fsp3) is 0.318. The van der Waals surface area contributed by atoms with Crippen LogP contribution in [0.15, 0.2) is 29.2 Å². The van der Waals surface area contributed by atoms with Gasteiger partial charge < -0.3 is 25.2 Å². The first-order valence-electron chi connectivity index (χ1n) is 9.58. The molecule has 29 heavy (non-hydrogen) atoms. The minimum Gasteiger partial charge on any atom is -0.481 e. The Hall–Kier alpha value is -3.19. The van der Waals surface area contributed by atoms with Gasteiger partial charge in [0.15, 0.2) is 0 Å². The molecule has 1 saturated heterocycles. The molecular weight excluding hydrogens is 368 g/mol. The monoisotopic (exact) mass is 392 g/mol. The third-order valence-electron chi connectivity index (χ3n) is 5.42. The van der Waals surface area contributed by atoms with Gasteiger partial charge in [0.2, 0.25) is 5.88 Å². The predicted molar refractivity (Wildman–Crippen MR) is 115 cm³/mol. The molecule has 0 amide bonds. The Morgan fingerprint density at radius 3 is 2.90 bits per heavy atom. The molecule has 3 heterocycles. The molecule has 0 aliphatic carbocycles. The summed E-state index contributed by atoms with van der Waals surface area (Å²) in [5, 5.41) is 12.0. The Morgan fingerprint density at radius 2 is 2.21 bits per heavy atom. The molecule has 2 aromatic heterocycles. The maximum atomic E-state index is 12.6. The summed E-state index contributed by atoms with van der Waals surface area (Å²) in [6.45, 7) is 5.28. The molecule has 0 radical (unpaired) electrons. The molecule has 7 heteroatoms. The van der Waals surface area contributed by atoms with E-state index in [0.717, 1.165) is 40.3 Å². The van der Waals surface area contributed by atoms with Crippen molar-refractivity contribution in [3.8, 4) is 17.0 Å². The van der Waals surface area contributed by atoms with E-state index in [4.69, 9.17) is 14.9 Å². The number of aromatic amines is 1. The molecule has 7 nitrogen and oxygen atoms in total. The third kappa shape index (κ3) is 3.38. The van der Waals surface area contributed by atoms with Gasteiger partial charge in [0.05, 0.1) is 36.5 Å². The van der Waals surface area contributed by atoms with Gasteiger partial charge in [0.25, 0.3) is 5.56 Å². The van der Waals surface area contributed by atoms with E-state index >= 15 is 0 Å². The number of methoxy groups -OCH3 is 1. The fourth-order valence-corrected chi connectivity index (χ4v) is 3.98. The molecule has 3 N–H and O–H groups in total. The number of hydrogen-bond donors (Lipinski definition) is 3. The van der Waals surface area contributed by atoms with Gasteiger partial charge >= 0.3 is 0 Å². The summed E-state index contributed by atoms with van der Waals surface area (Å²) < 4.78 is 10.8. The molecule has 3 aromatic rings. The van der Waals surface area contributed by atoms with Crippen molar-refractivity contribution in [2.24, 2.45) is 0 Å². The minimum atomic E-state index is -0.285. The van der Waals surface area contributed by atoms with Gasteiger partial charge in [-0.05, 0) is 43.0 Å². The molecule has 1 fully saturated rings. The number of rotatable bonds is 5. The zero-order chi connectivity index (χ0) is 20.5. The van der Waals surface area contributed by atoms with Crippen molar-refractivity contribution in [1.82, 2.24) is 9.97 Å². The van der Waals surface area contributed by atoms with Gasteiger partial charge in [-0.2, -0.15) is 0 Å². The smallest absolute Gasteiger partial charge is 0.259 e. The van der Waals surface area contributed by atoms with Crippen LogP contribution in [0, 0.1) is 19.3 Å². The van der Waals surface area contributed by atoms with Crippen LogP contribution in [-0.4, -0.2) is 42.5 Å². The molecule has 1 aromatic carbocycles. The molecule has 0 spiro atoms. The number of pyridine rings is 2. The summed E-state index contributed by atoms with van der Waals surface area (Å²) in [6, 6.07) is 6.11. The van der Waals surface area contributed by atoms with Crippen LogP contribution in [0.1, 0.15) is 23.1 Å². The van der Waals surface area contributed by atoms with E-state index < -0.39 is 0 Å². The van der Waals surface area contributed by atoms with Crippen molar-refractivity contribution in [2.75, 3.05) is 25.6 Å². The minimum absolute atomic E-state index is 0.132. The number of ether oxygens (including phenoxy) is 2. The number of nitrogens with one attached hydrogen (secondary N) is 3. The van der Waals surface area contributed by atoms with E-state index in [2.05, 4.69) is 15.3 Å². The number of hydrogen-bond acceptors (Lipinski definition) is 6. The normalized spacial score (nSPS) is 16.2. The molecule has 0 bridgehead atoms. The van der Waals surface area contributed by atoms with Crippen LogP contribution < -0.4 is 15.6 Å². The Balaban J connectivity index is 1.90. The summed E-state index contributed by atoms with van der Waals surface area (Å²) in [6.07, 6.45) is 3.77.